The molecule has 1 N–H and O–H groups in total. The summed E-state index contributed by atoms with van der Waals surface area (Å²) < 4.78 is 28.4. The van der Waals surface area contributed by atoms with Gasteiger partial charge in [-0.25, -0.2) is 13.8 Å². The van der Waals surface area contributed by atoms with Crippen molar-refractivity contribution >= 4 is 17.0 Å². The molecule has 1 aromatic carbocycles. The van der Waals surface area contributed by atoms with Gasteiger partial charge in [-0.15, -0.1) is 0 Å². The maximum absolute atomic E-state index is 13.5. The smallest absolute Gasteiger partial charge is 0.323 e. The summed E-state index contributed by atoms with van der Waals surface area (Å²) in [7, 11) is 0. The van der Waals surface area contributed by atoms with Gasteiger partial charge in [0.25, 0.3) is 0 Å². The minimum Gasteiger partial charge on any atom is -0.480 e. The van der Waals surface area contributed by atoms with E-state index in [0.717, 1.165) is 37.8 Å². The van der Waals surface area contributed by atoms with Crippen molar-refractivity contribution in [3.63, 3.8) is 0 Å². The van der Waals surface area contributed by atoms with Crippen LogP contribution in [0.25, 0.3) is 11.0 Å². The van der Waals surface area contributed by atoms with Gasteiger partial charge in [-0.1, -0.05) is 19.8 Å². The molecule has 1 aliphatic rings. The quantitative estimate of drug-likeness (QED) is 0.945. The van der Waals surface area contributed by atoms with Gasteiger partial charge in [0.15, 0.2) is 11.6 Å². The third-order valence-corrected chi connectivity index (χ3v) is 4.33. The average Bonchev–Trinajstić information content (AvgIpc) is 2.97. The number of halogens is 2. The Bertz CT molecular complexity index is 718. The van der Waals surface area contributed by atoms with E-state index in [1.54, 1.807) is 0 Å². The minimum absolute atomic E-state index is 0.235. The number of nitrogens with zero attached hydrogens (tertiary/aromatic N) is 2. The van der Waals surface area contributed by atoms with Gasteiger partial charge in [0, 0.05) is 17.5 Å². The lowest BCUT2D eigenvalue weighted by molar-refractivity contribution is -0.137. The van der Waals surface area contributed by atoms with Crippen LogP contribution in [0.5, 0.6) is 0 Å². The number of carboxylic acids is 1. The van der Waals surface area contributed by atoms with Crippen LogP contribution in [0.4, 0.5) is 8.78 Å². The van der Waals surface area contributed by atoms with E-state index in [4.69, 9.17) is 5.11 Å². The summed E-state index contributed by atoms with van der Waals surface area (Å²) >= 11 is 0. The van der Waals surface area contributed by atoms with E-state index in [2.05, 4.69) is 4.98 Å². The highest BCUT2D eigenvalue weighted by Gasteiger charge is 2.36. The lowest BCUT2D eigenvalue weighted by atomic mass is 9.88. The number of aliphatic carboxylic acids is 1. The second-order valence-electron chi connectivity index (χ2n) is 5.94. The van der Waals surface area contributed by atoms with Crippen molar-refractivity contribution in [2.24, 2.45) is 0 Å². The highest BCUT2D eigenvalue weighted by molar-refractivity contribution is 5.79. The molecule has 0 aliphatic heterocycles. The number of carbonyl (C=O) groups is 1. The molecule has 0 unspecified atom stereocenters. The molecular formula is C15H16F2N2O2. The van der Waals surface area contributed by atoms with E-state index in [9.17, 15) is 13.6 Å². The highest BCUT2D eigenvalue weighted by atomic mass is 19.2. The molecule has 2 aromatic rings. The number of hydrogen-bond acceptors (Lipinski definition) is 2. The minimum atomic E-state index is -1.03. The molecule has 6 heteroatoms. The molecule has 0 amide bonds. The third-order valence-electron chi connectivity index (χ3n) is 4.33. The van der Waals surface area contributed by atoms with Crippen molar-refractivity contribution in [3.8, 4) is 0 Å². The first-order valence-corrected chi connectivity index (χ1v) is 6.98. The van der Waals surface area contributed by atoms with Gasteiger partial charge >= 0.3 is 5.97 Å². The molecule has 1 aliphatic carbocycles. The molecule has 0 saturated heterocycles. The number of fused-ring (bicyclic) bond motifs is 1. The molecule has 1 saturated carbocycles. The standard InChI is InChI=1S/C15H16F2N2O2/c1-15(4-2-3-5-15)14-18-11-6-9(16)10(17)7-12(11)19(14)8-13(20)21/h6-7H,2-5,8H2,1H3,(H,20,21). The van der Waals surface area contributed by atoms with E-state index in [1.807, 2.05) is 6.92 Å². The van der Waals surface area contributed by atoms with Gasteiger partial charge < -0.3 is 9.67 Å². The van der Waals surface area contributed by atoms with Crippen LogP contribution in [0, 0.1) is 11.6 Å². The van der Waals surface area contributed by atoms with Crippen LogP contribution >= 0.6 is 0 Å². The van der Waals surface area contributed by atoms with Crippen molar-refractivity contribution in [2.75, 3.05) is 0 Å². The van der Waals surface area contributed by atoms with E-state index >= 15 is 0 Å². The van der Waals surface area contributed by atoms with Gasteiger partial charge in [-0.2, -0.15) is 0 Å². The third kappa shape index (κ3) is 2.28. The van der Waals surface area contributed by atoms with E-state index < -0.39 is 17.6 Å². The van der Waals surface area contributed by atoms with Crippen LogP contribution in [0.2, 0.25) is 0 Å². The molecule has 0 bridgehead atoms. The zero-order valence-electron chi connectivity index (χ0n) is 11.7. The van der Waals surface area contributed by atoms with Crippen LogP contribution in [0.1, 0.15) is 38.4 Å². The first-order chi connectivity index (χ1) is 9.90. The van der Waals surface area contributed by atoms with Crippen LogP contribution in [0.3, 0.4) is 0 Å². The predicted molar refractivity (Wildman–Crippen MR) is 73.1 cm³/mol. The molecule has 21 heavy (non-hydrogen) atoms. The predicted octanol–water partition coefficient (Wildman–Crippen LogP) is 3.23. The summed E-state index contributed by atoms with van der Waals surface area (Å²) in [5.41, 5.74) is 0.402. The van der Waals surface area contributed by atoms with Gasteiger partial charge in [0.1, 0.15) is 12.4 Å². The van der Waals surface area contributed by atoms with E-state index in [-0.39, 0.29) is 12.0 Å². The second-order valence-corrected chi connectivity index (χ2v) is 5.94. The Hall–Kier alpha value is -1.98. The zero-order valence-corrected chi connectivity index (χ0v) is 11.7. The molecule has 1 fully saturated rings. The summed E-state index contributed by atoms with van der Waals surface area (Å²) in [6.07, 6.45) is 3.91. The first kappa shape index (κ1) is 14.0. The molecule has 0 spiro atoms. The molecule has 1 aromatic heterocycles. The fourth-order valence-electron chi connectivity index (χ4n) is 3.26. The highest BCUT2D eigenvalue weighted by Crippen LogP contribution is 2.41. The fraction of sp³-hybridized carbons (Fsp3) is 0.467. The zero-order chi connectivity index (χ0) is 15.2. The monoisotopic (exact) mass is 294 g/mol. The average molecular weight is 294 g/mol. The summed E-state index contributed by atoms with van der Waals surface area (Å²) in [6, 6.07) is 2.06. The first-order valence-electron chi connectivity index (χ1n) is 6.98. The molecule has 3 rings (SSSR count). The Morgan fingerprint density at radius 3 is 2.57 bits per heavy atom. The summed E-state index contributed by atoms with van der Waals surface area (Å²) in [5.74, 6) is -2.37. The Labute approximate surface area is 120 Å². The van der Waals surface area contributed by atoms with Gasteiger partial charge in [0.2, 0.25) is 0 Å². The number of benzene rings is 1. The Kier molecular flexibility index (Phi) is 3.19. The van der Waals surface area contributed by atoms with Crippen LogP contribution in [0.15, 0.2) is 12.1 Å². The van der Waals surface area contributed by atoms with Crippen molar-refractivity contribution in [2.45, 2.75) is 44.6 Å². The maximum Gasteiger partial charge on any atom is 0.323 e. The van der Waals surface area contributed by atoms with E-state index in [1.165, 1.54) is 4.57 Å². The maximum atomic E-state index is 13.5. The Balaban J connectivity index is 2.24. The second kappa shape index (κ2) is 4.79. The SMILES string of the molecule is CC1(c2nc3cc(F)c(F)cc3n2CC(=O)O)CCCC1. The molecule has 0 radical (unpaired) electrons. The molecule has 4 nitrogen and oxygen atoms in total. The van der Waals surface area contributed by atoms with Crippen LogP contribution < -0.4 is 0 Å². The van der Waals surface area contributed by atoms with Crippen LogP contribution in [-0.2, 0) is 16.8 Å². The number of rotatable bonds is 3. The van der Waals surface area contributed by atoms with Gasteiger partial charge in [-0.3, -0.25) is 4.79 Å². The van der Waals surface area contributed by atoms with Gasteiger partial charge in [0.05, 0.1) is 11.0 Å². The van der Waals surface area contributed by atoms with Crippen molar-refractivity contribution in [1.29, 1.82) is 0 Å². The van der Waals surface area contributed by atoms with E-state index in [0.29, 0.717) is 16.9 Å². The Morgan fingerprint density at radius 1 is 1.33 bits per heavy atom. The molecule has 0 atom stereocenters. The lowest BCUT2D eigenvalue weighted by Crippen LogP contribution is -2.25. The molecule has 112 valence electrons. The summed E-state index contributed by atoms with van der Waals surface area (Å²) in [5, 5.41) is 9.10. The lowest BCUT2D eigenvalue weighted by Gasteiger charge is -2.23. The number of imidazole rings is 1. The van der Waals surface area contributed by atoms with Gasteiger partial charge in [-0.05, 0) is 12.8 Å². The largest absolute Gasteiger partial charge is 0.480 e. The van der Waals surface area contributed by atoms with Crippen molar-refractivity contribution in [3.05, 3.63) is 29.6 Å². The van der Waals surface area contributed by atoms with Crippen LogP contribution in [-0.4, -0.2) is 20.6 Å². The number of aromatic nitrogens is 2. The summed E-state index contributed by atoms with van der Waals surface area (Å²) in [4.78, 5) is 15.5. The molecular weight excluding hydrogens is 278 g/mol. The fourth-order valence-corrected chi connectivity index (χ4v) is 3.26. The number of hydrogen-bond donors (Lipinski definition) is 1. The molecule has 1 heterocycles. The van der Waals surface area contributed by atoms with Crippen molar-refractivity contribution < 1.29 is 18.7 Å². The van der Waals surface area contributed by atoms with Crippen molar-refractivity contribution in [1.82, 2.24) is 9.55 Å². The topological polar surface area (TPSA) is 55.1 Å². The normalized spacial score (nSPS) is 17.5. The number of carboxylic acid groups (broad SMARTS) is 1. The summed E-state index contributed by atoms with van der Waals surface area (Å²) in [6.45, 7) is 1.73. The Morgan fingerprint density at radius 2 is 1.95 bits per heavy atom.